The Balaban J connectivity index is 2.89. The van der Waals surface area contributed by atoms with Crippen LogP contribution in [0.4, 0.5) is 4.39 Å². The van der Waals surface area contributed by atoms with E-state index in [4.69, 9.17) is 0 Å². The molecule has 2 atom stereocenters. The molecule has 0 spiro atoms. The lowest BCUT2D eigenvalue weighted by molar-refractivity contribution is -0.531. The van der Waals surface area contributed by atoms with Crippen molar-refractivity contribution in [2.45, 2.75) is 19.1 Å². The van der Waals surface area contributed by atoms with Crippen molar-refractivity contribution >= 4 is 0 Å². The molecule has 0 aliphatic heterocycles. The summed E-state index contributed by atoms with van der Waals surface area (Å²) in [5, 5.41) is 19.8. The van der Waals surface area contributed by atoms with Gasteiger partial charge in [-0.15, -0.1) is 0 Å². The van der Waals surface area contributed by atoms with E-state index in [1.807, 2.05) is 0 Å². The van der Waals surface area contributed by atoms with E-state index in [1.54, 1.807) is 0 Å². The first-order valence-electron chi connectivity index (χ1n) is 4.09. The highest BCUT2D eigenvalue weighted by Crippen LogP contribution is 2.18. The summed E-state index contributed by atoms with van der Waals surface area (Å²) >= 11 is 0. The quantitative estimate of drug-likeness (QED) is 0.593. The summed E-state index contributed by atoms with van der Waals surface area (Å²) in [5.74, 6) is -0.517. The molecule has 76 valence electrons. The molecule has 4 nitrogen and oxygen atoms in total. The van der Waals surface area contributed by atoms with Gasteiger partial charge in [-0.1, -0.05) is 12.1 Å². The second-order valence-electron chi connectivity index (χ2n) is 3.03. The number of aliphatic hydroxyl groups is 1. The van der Waals surface area contributed by atoms with E-state index >= 15 is 0 Å². The molecular formula is C9H10FNO3. The summed E-state index contributed by atoms with van der Waals surface area (Å²) in [6.45, 7) is 1.27. The van der Waals surface area contributed by atoms with Crippen LogP contribution in [0.3, 0.4) is 0 Å². The zero-order chi connectivity index (χ0) is 10.7. The molecule has 0 bridgehead atoms. The lowest BCUT2D eigenvalue weighted by Gasteiger charge is -2.12. The minimum Gasteiger partial charge on any atom is -0.381 e. The van der Waals surface area contributed by atoms with Crippen LogP contribution in [-0.2, 0) is 0 Å². The zero-order valence-electron chi connectivity index (χ0n) is 7.55. The predicted octanol–water partition coefficient (Wildman–Crippen LogP) is 1.52. The lowest BCUT2D eigenvalue weighted by atomic mass is 10.0. The number of benzene rings is 1. The smallest absolute Gasteiger partial charge is 0.239 e. The normalized spacial score (nSPS) is 14.8. The van der Waals surface area contributed by atoms with Crippen molar-refractivity contribution in [3.8, 4) is 0 Å². The van der Waals surface area contributed by atoms with Crippen molar-refractivity contribution in [2.24, 2.45) is 0 Å². The van der Waals surface area contributed by atoms with Crippen molar-refractivity contribution in [2.75, 3.05) is 0 Å². The largest absolute Gasteiger partial charge is 0.381 e. The van der Waals surface area contributed by atoms with Gasteiger partial charge in [-0.2, -0.15) is 0 Å². The summed E-state index contributed by atoms with van der Waals surface area (Å²) in [6, 6.07) is 4.02. The first-order valence-corrected chi connectivity index (χ1v) is 4.09. The van der Waals surface area contributed by atoms with Gasteiger partial charge in [0.15, 0.2) is 0 Å². The molecule has 5 heteroatoms. The third-order valence-electron chi connectivity index (χ3n) is 1.98. The Labute approximate surface area is 80.1 Å². The van der Waals surface area contributed by atoms with Gasteiger partial charge < -0.3 is 5.11 Å². The second-order valence-corrected chi connectivity index (χ2v) is 3.03. The van der Waals surface area contributed by atoms with Gasteiger partial charge in [-0.05, 0) is 17.7 Å². The Bertz CT molecular complexity index is 343. The maximum atomic E-state index is 12.7. The van der Waals surface area contributed by atoms with Crippen molar-refractivity contribution in [3.05, 3.63) is 45.8 Å². The van der Waals surface area contributed by atoms with Crippen molar-refractivity contribution in [1.29, 1.82) is 0 Å². The summed E-state index contributed by atoms with van der Waals surface area (Å²) in [7, 11) is 0. The maximum Gasteiger partial charge on any atom is 0.239 e. The minimum absolute atomic E-state index is 0.217. The van der Waals surface area contributed by atoms with E-state index in [0.29, 0.717) is 0 Å². The van der Waals surface area contributed by atoms with Crippen LogP contribution in [-0.4, -0.2) is 16.1 Å². The summed E-state index contributed by atoms with van der Waals surface area (Å²) in [4.78, 5) is 9.75. The van der Waals surface area contributed by atoms with Gasteiger partial charge in [0.25, 0.3) is 0 Å². The van der Waals surface area contributed by atoms with Crippen LogP contribution in [0, 0.1) is 15.9 Å². The average Bonchev–Trinajstić information content (AvgIpc) is 2.15. The second kappa shape index (κ2) is 4.15. The Morgan fingerprint density at radius 3 is 2.71 bits per heavy atom. The molecule has 0 fully saturated rings. The third-order valence-corrected chi connectivity index (χ3v) is 1.98. The molecule has 0 amide bonds. The highest BCUT2D eigenvalue weighted by molar-refractivity contribution is 5.19. The van der Waals surface area contributed by atoms with Gasteiger partial charge in [0, 0.05) is 11.8 Å². The van der Waals surface area contributed by atoms with Crippen molar-refractivity contribution in [3.63, 3.8) is 0 Å². The molecular weight excluding hydrogens is 189 g/mol. The first-order chi connectivity index (χ1) is 6.52. The molecule has 1 N–H and O–H groups in total. The molecule has 0 aliphatic carbocycles. The van der Waals surface area contributed by atoms with Crippen LogP contribution >= 0.6 is 0 Å². The van der Waals surface area contributed by atoms with E-state index in [-0.39, 0.29) is 5.56 Å². The Kier molecular flexibility index (Phi) is 3.14. The Morgan fingerprint density at radius 2 is 2.21 bits per heavy atom. The molecule has 0 saturated carbocycles. The fourth-order valence-corrected chi connectivity index (χ4v) is 1.08. The zero-order valence-corrected chi connectivity index (χ0v) is 7.55. The molecule has 2 unspecified atom stereocenters. The fourth-order valence-electron chi connectivity index (χ4n) is 1.08. The summed E-state index contributed by atoms with van der Waals surface area (Å²) in [5.41, 5.74) is 0.217. The average molecular weight is 199 g/mol. The summed E-state index contributed by atoms with van der Waals surface area (Å²) in [6.07, 6.45) is -1.28. The van der Waals surface area contributed by atoms with Gasteiger partial charge in [0.2, 0.25) is 6.04 Å². The van der Waals surface area contributed by atoms with Crippen LogP contribution in [0.2, 0.25) is 0 Å². The molecule has 1 aromatic carbocycles. The molecule has 0 aromatic heterocycles. The number of aliphatic hydroxyl groups excluding tert-OH is 1. The predicted molar refractivity (Wildman–Crippen MR) is 47.8 cm³/mol. The molecule has 0 saturated heterocycles. The molecule has 0 heterocycles. The van der Waals surface area contributed by atoms with Crippen molar-refractivity contribution < 1.29 is 14.4 Å². The van der Waals surface area contributed by atoms with Crippen LogP contribution in [0.5, 0.6) is 0 Å². The van der Waals surface area contributed by atoms with E-state index in [9.17, 15) is 19.6 Å². The van der Waals surface area contributed by atoms with E-state index in [2.05, 4.69) is 0 Å². The van der Waals surface area contributed by atoms with Crippen LogP contribution in [0.25, 0.3) is 0 Å². The molecule has 14 heavy (non-hydrogen) atoms. The molecule has 0 radical (unpaired) electrons. The van der Waals surface area contributed by atoms with Gasteiger partial charge in [-0.25, -0.2) is 4.39 Å². The number of nitrogens with zero attached hydrogens (tertiary/aromatic N) is 1. The number of hydrogen-bond donors (Lipinski definition) is 1. The first kappa shape index (κ1) is 10.6. The van der Waals surface area contributed by atoms with Crippen molar-refractivity contribution in [1.82, 2.24) is 0 Å². The van der Waals surface area contributed by atoms with E-state index < -0.39 is 22.9 Å². The molecule has 1 aromatic rings. The Hall–Kier alpha value is -1.49. The lowest BCUT2D eigenvalue weighted by Crippen LogP contribution is -2.23. The number of hydrogen-bond acceptors (Lipinski definition) is 3. The SMILES string of the molecule is CC(C(O)c1cccc(F)c1)[N+](=O)[O-]. The number of rotatable bonds is 3. The van der Waals surface area contributed by atoms with Gasteiger partial charge in [0.1, 0.15) is 11.9 Å². The highest BCUT2D eigenvalue weighted by atomic mass is 19.1. The standard InChI is InChI=1S/C9H10FNO3/c1-6(11(13)14)9(12)7-3-2-4-8(10)5-7/h2-6,9,12H,1H3. The topological polar surface area (TPSA) is 63.4 Å². The summed E-state index contributed by atoms with van der Waals surface area (Å²) < 4.78 is 12.7. The number of nitro groups is 1. The fraction of sp³-hybridized carbons (Fsp3) is 0.333. The molecule has 0 aliphatic rings. The van der Waals surface area contributed by atoms with Crippen LogP contribution < -0.4 is 0 Å². The van der Waals surface area contributed by atoms with E-state index in [1.165, 1.54) is 25.1 Å². The Morgan fingerprint density at radius 1 is 1.57 bits per heavy atom. The minimum atomic E-state index is -1.28. The van der Waals surface area contributed by atoms with Gasteiger partial charge >= 0.3 is 0 Å². The molecule has 1 rings (SSSR count). The number of halogens is 1. The van der Waals surface area contributed by atoms with Gasteiger partial charge in [-0.3, -0.25) is 10.1 Å². The maximum absolute atomic E-state index is 12.7. The third kappa shape index (κ3) is 2.26. The van der Waals surface area contributed by atoms with Crippen LogP contribution in [0.1, 0.15) is 18.6 Å². The monoisotopic (exact) mass is 199 g/mol. The highest BCUT2D eigenvalue weighted by Gasteiger charge is 2.25. The van der Waals surface area contributed by atoms with Crippen LogP contribution in [0.15, 0.2) is 24.3 Å². The van der Waals surface area contributed by atoms with Gasteiger partial charge in [0.05, 0.1) is 0 Å². The van der Waals surface area contributed by atoms with E-state index in [0.717, 1.165) is 6.07 Å².